The van der Waals surface area contributed by atoms with Gasteiger partial charge in [0.2, 0.25) is 0 Å². The van der Waals surface area contributed by atoms with E-state index in [9.17, 15) is 4.79 Å². The van der Waals surface area contributed by atoms with Gasteiger partial charge in [0.25, 0.3) is 0 Å². The topological polar surface area (TPSA) is 41.6 Å². The number of rotatable bonds is 3. The minimum Gasteiger partial charge on any atom is -0.497 e. The number of nitrogens with zero attached hydrogens (tertiary/aromatic N) is 1. The van der Waals surface area contributed by atoms with Crippen molar-refractivity contribution in [3.63, 3.8) is 0 Å². The third-order valence-electron chi connectivity index (χ3n) is 3.86. The van der Waals surface area contributed by atoms with Crippen LogP contribution in [0, 0.1) is 0 Å². The van der Waals surface area contributed by atoms with Gasteiger partial charge >= 0.3 is 6.03 Å². The van der Waals surface area contributed by atoms with Gasteiger partial charge in [0.1, 0.15) is 5.75 Å². The Labute approximate surface area is 140 Å². The van der Waals surface area contributed by atoms with Crippen LogP contribution in [0.5, 0.6) is 5.75 Å². The number of nitrogens with one attached hydrogen (secondary N) is 1. The van der Waals surface area contributed by atoms with E-state index in [1.807, 2.05) is 59.1 Å². The van der Waals surface area contributed by atoms with Crippen LogP contribution in [0.4, 0.5) is 16.2 Å². The summed E-state index contributed by atoms with van der Waals surface area (Å²) in [4.78, 5) is 15.7. The molecule has 1 heterocycles. The number of para-hydroxylation sites is 1. The Hall–Kier alpha value is -2.14. The minimum absolute atomic E-state index is 0.107. The molecule has 5 heteroatoms. The van der Waals surface area contributed by atoms with Crippen molar-refractivity contribution in [1.82, 2.24) is 0 Å². The molecule has 0 unspecified atom stereocenters. The van der Waals surface area contributed by atoms with Gasteiger partial charge in [-0.3, -0.25) is 4.90 Å². The van der Waals surface area contributed by atoms with Crippen LogP contribution in [0.15, 0.2) is 53.4 Å². The Kier molecular flexibility index (Phi) is 4.76. The van der Waals surface area contributed by atoms with Crippen molar-refractivity contribution < 1.29 is 9.53 Å². The predicted octanol–water partition coefficient (Wildman–Crippen LogP) is 4.62. The number of methoxy groups -OCH3 is 1. The molecule has 2 aromatic carbocycles. The first-order valence-corrected chi connectivity index (χ1v) is 8.57. The van der Waals surface area contributed by atoms with Crippen molar-refractivity contribution in [3.8, 4) is 5.75 Å². The fourth-order valence-corrected chi connectivity index (χ4v) is 3.80. The van der Waals surface area contributed by atoms with Gasteiger partial charge in [-0.05, 0) is 30.7 Å². The summed E-state index contributed by atoms with van der Waals surface area (Å²) in [7, 11) is 1.62. The molecular weight excluding hydrogens is 308 g/mol. The quantitative estimate of drug-likeness (QED) is 0.894. The van der Waals surface area contributed by atoms with Crippen molar-refractivity contribution >= 4 is 29.2 Å². The number of hydrogen-bond acceptors (Lipinski definition) is 3. The molecule has 0 aromatic heterocycles. The van der Waals surface area contributed by atoms with Gasteiger partial charge in [0.15, 0.2) is 0 Å². The summed E-state index contributed by atoms with van der Waals surface area (Å²) in [6, 6.07) is 15.4. The van der Waals surface area contributed by atoms with E-state index in [0.29, 0.717) is 11.8 Å². The van der Waals surface area contributed by atoms with Crippen molar-refractivity contribution in [3.05, 3.63) is 48.5 Å². The number of ether oxygens (including phenoxy) is 1. The van der Waals surface area contributed by atoms with Gasteiger partial charge in [-0.25, -0.2) is 4.79 Å². The normalized spacial score (nSPS) is 16.6. The highest BCUT2D eigenvalue weighted by Crippen LogP contribution is 2.39. The molecule has 120 valence electrons. The predicted molar refractivity (Wildman–Crippen MR) is 95.7 cm³/mol. The molecule has 0 fully saturated rings. The number of fused-ring (bicyclic) bond motifs is 1. The molecule has 0 saturated heterocycles. The molecule has 2 aromatic rings. The van der Waals surface area contributed by atoms with Crippen molar-refractivity contribution in [2.24, 2.45) is 0 Å². The fraction of sp³-hybridized carbons (Fsp3) is 0.278. The van der Waals surface area contributed by atoms with Crippen molar-refractivity contribution in [2.75, 3.05) is 23.9 Å². The number of carbonyl (C=O) groups excluding carboxylic acids is 1. The number of hydrogen-bond donors (Lipinski definition) is 1. The Morgan fingerprint density at radius 1 is 1.30 bits per heavy atom. The Balaban J connectivity index is 1.83. The molecule has 0 saturated carbocycles. The molecule has 0 radical (unpaired) electrons. The average Bonchev–Trinajstić information content (AvgIpc) is 2.60. The van der Waals surface area contributed by atoms with Crippen LogP contribution in [0.2, 0.25) is 0 Å². The van der Waals surface area contributed by atoms with Crippen LogP contribution in [-0.4, -0.2) is 24.9 Å². The third-order valence-corrected chi connectivity index (χ3v) is 5.27. The highest BCUT2D eigenvalue weighted by Gasteiger charge is 2.28. The van der Waals surface area contributed by atoms with Gasteiger partial charge in [0, 0.05) is 28.4 Å². The van der Waals surface area contributed by atoms with Gasteiger partial charge < -0.3 is 10.1 Å². The van der Waals surface area contributed by atoms with E-state index in [1.165, 1.54) is 0 Å². The number of urea groups is 1. The standard InChI is InChI=1S/C18H20N2O2S/c1-3-15-12-20(16-9-4-5-10-17(16)23-15)18(21)19-13-7-6-8-14(11-13)22-2/h4-11,15H,3,12H2,1-2H3,(H,19,21)/t15-/m0/s1. The van der Waals surface area contributed by atoms with Crippen LogP contribution in [0.3, 0.4) is 0 Å². The van der Waals surface area contributed by atoms with Crippen LogP contribution in [-0.2, 0) is 0 Å². The molecule has 1 aliphatic heterocycles. The molecule has 2 amide bonds. The van der Waals surface area contributed by atoms with Gasteiger partial charge in [-0.15, -0.1) is 11.8 Å². The molecule has 1 atom stereocenters. The van der Waals surface area contributed by atoms with Gasteiger partial charge in [-0.2, -0.15) is 0 Å². The lowest BCUT2D eigenvalue weighted by Gasteiger charge is -2.33. The third kappa shape index (κ3) is 3.45. The van der Waals surface area contributed by atoms with Crippen LogP contribution in [0.1, 0.15) is 13.3 Å². The van der Waals surface area contributed by atoms with E-state index in [1.54, 1.807) is 7.11 Å². The highest BCUT2D eigenvalue weighted by atomic mass is 32.2. The summed E-state index contributed by atoms with van der Waals surface area (Å²) in [5.41, 5.74) is 1.71. The molecular formula is C18H20N2O2S. The van der Waals surface area contributed by atoms with E-state index in [0.717, 1.165) is 28.4 Å². The second-order valence-electron chi connectivity index (χ2n) is 5.39. The number of benzene rings is 2. The maximum atomic E-state index is 12.8. The lowest BCUT2D eigenvalue weighted by molar-refractivity contribution is 0.256. The van der Waals surface area contributed by atoms with Gasteiger partial charge in [-0.1, -0.05) is 25.1 Å². The number of carbonyl (C=O) groups is 1. The SMILES string of the molecule is CC[C@H]1CN(C(=O)Nc2cccc(OC)c2)c2ccccc2S1. The van der Waals surface area contributed by atoms with E-state index in [-0.39, 0.29) is 6.03 Å². The van der Waals surface area contributed by atoms with Gasteiger partial charge in [0.05, 0.1) is 12.8 Å². The minimum atomic E-state index is -0.107. The molecule has 3 rings (SSSR count). The maximum Gasteiger partial charge on any atom is 0.326 e. The lowest BCUT2D eigenvalue weighted by atomic mass is 10.2. The first kappa shape index (κ1) is 15.7. The Morgan fingerprint density at radius 3 is 2.91 bits per heavy atom. The fourth-order valence-electron chi connectivity index (χ4n) is 2.60. The summed E-state index contributed by atoms with van der Waals surface area (Å²) in [6.07, 6.45) is 1.03. The summed E-state index contributed by atoms with van der Waals surface area (Å²) in [5.74, 6) is 0.726. The molecule has 23 heavy (non-hydrogen) atoms. The Bertz CT molecular complexity index is 705. The summed E-state index contributed by atoms with van der Waals surface area (Å²) in [6.45, 7) is 2.87. The number of thioether (sulfide) groups is 1. The first-order valence-electron chi connectivity index (χ1n) is 7.69. The lowest BCUT2D eigenvalue weighted by Crippen LogP contribution is -2.41. The highest BCUT2D eigenvalue weighted by molar-refractivity contribution is 8.00. The molecule has 0 spiro atoms. The van der Waals surface area contributed by atoms with E-state index < -0.39 is 0 Å². The molecule has 0 bridgehead atoms. The van der Waals surface area contributed by atoms with Crippen molar-refractivity contribution in [1.29, 1.82) is 0 Å². The van der Waals surface area contributed by atoms with E-state index in [2.05, 4.69) is 18.3 Å². The van der Waals surface area contributed by atoms with Crippen LogP contribution in [0.25, 0.3) is 0 Å². The zero-order valence-corrected chi connectivity index (χ0v) is 14.1. The number of amides is 2. The number of anilines is 2. The Morgan fingerprint density at radius 2 is 2.13 bits per heavy atom. The zero-order chi connectivity index (χ0) is 16.2. The maximum absolute atomic E-state index is 12.8. The molecule has 0 aliphatic carbocycles. The molecule has 1 aliphatic rings. The second-order valence-corrected chi connectivity index (χ2v) is 6.73. The largest absolute Gasteiger partial charge is 0.497 e. The molecule has 4 nitrogen and oxygen atoms in total. The molecule has 1 N–H and O–H groups in total. The van der Waals surface area contributed by atoms with Crippen molar-refractivity contribution in [2.45, 2.75) is 23.5 Å². The average molecular weight is 328 g/mol. The zero-order valence-electron chi connectivity index (χ0n) is 13.3. The first-order chi connectivity index (χ1) is 11.2. The van der Waals surface area contributed by atoms with E-state index in [4.69, 9.17) is 4.74 Å². The summed E-state index contributed by atoms with van der Waals surface area (Å²) in [5, 5.41) is 3.39. The monoisotopic (exact) mass is 328 g/mol. The van der Waals surface area contributed by atoms with Crippen LogP contribution < -0.4 is 15.0 Å². The van der Waals surface area contributed by atoms with Crippen LogP contribution >= 0.6 is 11.8 Å². The second kappa shape index (κ2) is 6.96. The summed E-state index contributed by atoms with van der Waals surface area (Å²) >= 11 is 1.85. The smallest absolute Gasteiger partial charge is 0.326 e. The van der Waals surface area contributed by atoms with E-state index >= 15 is 0 Å². The summed E-state index contributed by atoms with van der Waals surface area (Å²) < 4.78 is 5.20.